The molecule has 6 heteroatoms. The maximum Gasteiger partial charge on any atom is 0.354 e. The van der Waals surface area contributed by atoms with Crippen LogP contribution in [0.3, 0.4) is 0 Å². The monoisotopic (exact) mass is 450 g/mol. The Morgan fingerprint density at radius 3 is 1.15 bits per heavy atom. The predicted octanol–water partition coefficient (Wildman–Crippen LogP) is 5.93. The van der Waals surface area contributed by atoms with Crippen LogP contribution in [0.1, 0.15) is 0 Å². The number of nitrogens with one attached hydrogen (secondary N) is 2. The van der Waals surface area contributed by atoms with Gasteiger partial charge in [-0.25, -0.2) is 9.59 Å². The molecule has 168 valence electrons. The van der Waals surface area contributed by atoms with Crippen LogP contribution >= 0.6 is 0 Å². The number of carboxylic acids is 2. The van der Waals surface area contributed by atoms with E-state index in [1.54, 1.807) is 24.3 Å². The minimum absolute atomic E-state index is 0.473. The average Bonchev–Trinajstić information content (AvgIpc) is 2.87. The van der Waals surface area contributed by atoms with Gasteiger partial charge in [-0.1, -0.05) is 97.1 Å². The van der Waals surface area contributed by atoms with Crippen LogP contribution < -0.4 is 10.6 Å². The fourth-order valence-corrected chi connectivity index (χ4v) is 3.64. The highest BCUT2D eigenvalue weighted by Gasteiger charge is 2.23. The van der Waals surface area contributed by atoms with E-state index in [0.717, 1.165) is 22.3 Å². The average molecular weight is 450 g/mol. The van der Waals surface area contributed by atoms with Crippen molar-refractivity contribution in [2.45, 2.75) is 0 Å². The van der Waals surface area contributed by atoms with Gasteiger partial charge in [-0.2, -0.15) is 0 Å². The molecule has 4 N–H and O–H groups in total. The molecule has 0 fully saturated rings. The lowest BCUT2D eigenvalue weighted by Crippen LogP contribution is -2.23. The Morgan fingerprint density at radius 1 is 0.471 bits per heavy atom. The van der Waals surface area contributed by atoms with Gasteiger partial charge in [-0.3, -0.25) is 0 Å². The van der Waals surface area contributed by atoms with Gasteiger partial charge in [0.1, 0.15) is 0 Å². The first-order valence-corrected chi connectivity index (χ1v) is 10.6. The van der Waals surface area contributed by atoms with Crippen molar-refractivity contribution in [2.24, 2.45) is 0 Å². The Morgan fingerprint density at radius 2 is 0.794 bits per heavy atom. The molecule has 0 saturated carbocycles. The number of para-hydroxylation sites is 2. The van der Waals surface area contributed by atoms with E-state index >= 15 is 0 Å². The standard InChI is InChI=1S/C28H22N2O4/c31-27(32)25(29-23-17-9-7-15-21(23)19-11-3-1-4-12-19)26(28(33)34)30-24-18-10-8-16-22(24)20-13-5-2-6-14-20/h1-18,29-30H,(H,31,32)(H,33,34)/b26-25+. The summed E-state index contributed by atoms with van der Waals surface area (Å²) in [6.45, 7) is 0. The third kappa shape index (κ3) is 4.97. The highest BCUT2D eigenvalue weighted by atomic mass is 16.4. The zero-order chi connectivity index (χ0) is 23.9. The Kier molecular flexibility index (Phi) is 6.70. The Labute approximate surface area is 196 Å². The van der Waals surface area contributed by atoms with Gasteiger partial charge in [-0.15, -0.1) is 0 Å². The van der Waals surface area contributed by atoms with Crippen molar-refractivity contribution in [3.8, 4) is 22.3 Å². The van der Waals surface area contributed by atoms with E-state index < -0.39 is 23.3 Å². The molecule has 0 aromatic heterocycles. The summed E-state index contributed by atoms with van der Waals surface area (Å²) in [4.78, 5) is 24.4. The first-order chi connectivity index (χ1) is 16.5. The summed E-state index contributed by atoms with van der Waals surface area (Å²) in [5.74, 6) is -2.80. The van der Waals surface area contributed by atoms with Gasteiger partial charge in [0.05, 0.1) is 0 Å². The number of hydrogen-bond acceptors (Lipinski definition) is 4. The van der Waals surface area contributed by atoms with Gasteiger partial charge in [0.15, 0.2) is 11.4 Å². The molecule has 0 atom stereocenters. The maximum absolute atomic E-state index is 12.2. The summed E-state index contributed by atoms with van der Waals surface area (Å²) in [7, 11) is 0. The maximum atomic E-state index is 12.2. The van der Waals surface area contributed by atoms with Gasteiger partial charge < -0.3 is 20.8 Å². The van der Waals surface area contributed by atoms with E-state index in [0.29, 0.717) is 11.4 Å². The SMILES string of the molecule is O=C(O)/C(Nc1ccccc1-c1ccccc1)=C(\Nc1ccccc1-c1ccccc1)C(=O)O. The molecule has 4 aromatic rings. The van der Waals surface area contributed by atoms with Crippen LogP contribution in [0.2, 0.25) is 0 Å². The van der Waals surface area contributed by atoms with Crippen LogP contribution in [0.5, 0.6) is 0 Å². The Bertz CT molecular complexity index is 1240. The second kappa shape index (κ2) is 10.2. The fourth-order valence-electron chi connectivity index (χ4n) is 3.64. The van der Waals surface area contributed by atoms with E-state index in [9.17, 15) is 19.8 Å². The number of carboxylic acid groups (broad SMARTS) is 2. The van der Waals surface area contributed by atoms with E-state index in [4.69, 9.17) is 0 Å². The largest absolute Gasteiger partial charge is 0.477 e. The molecule has 0 amide bonds. The molecule has 0 aliphatic rings. The molecule has 0 radical (unpaired) electrons. The van der Waals surface area contributed by atoms with Crippen LogP contribution in [0.25, 0.3) is 22.3 Å². The molecule has 6 nitrogen and oxygen atoms in total. The number of benzene rings is 4. The third-order valence-electron chi connectivity index (χ3n) is 5.22. The molecular formula is C28H22N2O4. The highest BCUT2D eigenvalue weighted by Crippen LogP contribution is 2.31. The van der Waals surface area contributed by atoms with Gasteiger partial charge in [0, 0.05) is 22.5 Å². The van der Waals surface area contributed by atoms with Crippen molar-refractivity contribution in [1.82, 2.24) is 0 Å². The van der Waals surface area contributed by atoms with Crippen LogP contribution in [-0.2, 0) is 9.59 Å². The van der Waals surface area contributed by atoms with E-state index in [1.807, 2.05) is 84.9 Å². The minimum Gasteiger partial charge on any atom is -0.477 e. The molecule has 0 unspecified atom stereocenters. The molecule has 4 rings (SSSR count). The molecule has 0 aliphatic heterocycles. The first kappa shape index (κ1) is 22.4. The predicted molar refractivity (Wildman–Crippen MR) is 133 cm³/mol. The van der Waals surface area contributed by atoms with Crippen LogP contribution in [0, 0.1) is 0 Å². The van der Waals surface area contributed by atoms with Crippen molar-refractivity contribution in [3.05, 3.63) is 121 Å². The smallest absolute Gasteiger partial charge is 0.354 e. The van der Waals surface area contributed by atoms with Crippen LogP contribution in [0.15, 0.2) is 121 Å². The number of anilines is 2. The normalized spacial score (nSPS) is 11.3. The van der Waals surface area contributed by atoms with Gasteiger partial charge in [0.2, 0.25) is 0 Å². The molecule has 0 spiro atoms. The van der Waals surface area contributed by atoms with Crippen molar-refractivity contribution < 1.29 is 19.8 Å². The number of hydrogen-bond donors (Lipinski definition) is 4. The molecule has 4 aromatic carbocycles. The van der Waals surface area contributed by atoms with Gasteiger partial charge >= 0.3 is 11.9 Å². The molecule has 0 heterocycles. The summed E-state index contributed by atoms with van der Waals surface area (Å²) in [6, 6.07) is 33.2. The molecule has 0 aliphatic carbocycles. The quantitative estimate of drug-likeness (QED) is 0.249. The minimum atomic E-state index is -1.40. The summed E-state index contributed by atoms with van der Waals surface area (Å²) in [5, 5.41) is 25.6. The second-order valence-electron chi connectivity index (χ2n) is 7.43. The fraction of sp³-hybridized carbons (Fsp3) is 0. The van der Waals surface area contributed by atoms with E-state index in [2.05, 4.69) is 10.6 Å². The molecule has 34 heavy (non-hydrogen) atoms. The molecule has 0 bridgehead atoms. The van der Waals surface area contributed by atoms with Crippen molar-refractivity contribution in [1.29, 1.82) is 0 Å². The van der Waals surface area contributed by atoms with Crippen LogP contribution in [0.4, 0.5) is 11.4 Å². The topological polar surface area (TPSA) is 98.7 Å². The first-order valence-electron chi connectivity index (χ1n) is 10.6. The van der Waals surface area contributed by atoms with Crippen molar-refractivity contribution >= 4 is 23.3 Å². The zero-order valence-electron chi connectivity index (χ0n) is 18.1. The molecular weight excluding hydrogens is 428 g/mol. The lowest BCUT2D eigenvalue weighted by atomic mass is 10.0. The summed E-state index contributed by atoms with van der Waals surface area (Å²) < 4.78 is 0. The molecule has 0 saturated heterocycles. The van der Waals surface area contributed by atoms with E-state index in [-0.39, 0.29) is 0 Å². The summed E-state index contributed by atoms with van der Waals surface area (Å²) >= 11 is 0. The Balaban J connectivity index is 1.78. The van der Waals surface area contributed by atoms with Crippen LogP contribution in [-0.4, -0.2) is 22.2 Å². The lowest BCUT2D eigenvalue weighted by Gasteiger charge is -2.17. The third-order valence-corrected chi connectivity index (χ3v) is 5.22. The van der Waals surface area contributed by atoms with Gasteiger partial charge in [0.25, 0.3) is 0 Å². The van der Waals surface area contributed by atoms with Crippen molar-refractivity contribution in [2.75, 3.05) is 10.6 Å². The van der Waals surface area contributed by atoms with Crippen molar-refractivity contribution in [3.63, 3.8) is 0 Å². The second-order valence-corrected chi connectivity index (χ2v) is 7.43. The Hall–Kier alpha value is -4.84. The zero-order valence-corrected chi connectivity index (χ0v) is 18.1. The summed E-state index contributed by atoms with van der Waals surface area (Å²) in [6.07, 6.45) is 0. The number of aliphatic carboxylic acids is 2. The lowest BCUT2D eigenvalue weighted by molar-refractivity contribution is -0.135. The highest BCUT2D eigenvalue weighted by molar-refractivity contribution is 6.04. The number of carbonyl (C=O) groups is 2. The summed E-state index contributed by atoms with van der Waals surface area (Å²) in [5.41, 5.74) is 3.24. The van der Waals surface area contributed by atoms with Gasteiger partial charge in [-0.05, 0) is 23.3 Å². The van der Waals surface area contributed by atoms with E-state index in [1.165, 1.54) is 0 Å². The number of rotatable bonds is 8.